The van der Waals surface area contributed by atoms with Crippen LogP contribution in [0.5, 0.6) is 0 Å². The Labute approximate surface area is 120 Å². The van der Waals surface area contributed by atoms with E-state index in [1.807, 2.05) is 5.32 Å². The molecule has 0 aliphatic rings. The number of aromatic nitrogens is 4. The van der Waals surface area contributed by atoms with Crippen molar-refractivity contribution >= 4 is 17.6 Å². The van der Waals surface area contributed by atoms with E-state index in [1.165, 1.54) is 14.0 Å². The van der Waals surface area contributed by atoms with E-state index in [4.69, 9.17) is 5.11 Å². The lowest BCUT2D eigenvalue weighted by Gasteiger charge is -2.09. The number of carboxylic acid groups (broad SMARTS) is 1. The second kappa shape index (κ2) is 5.16. The van der Waals surface area contributed by atoms with E-state index in [1.54, 1.807) is 0 Å². The van der Waals surface area contributed by atoms with Crippen molar-refractivity contribution in [3.05, 3.63) is 28.8 Å². The lowest BCUT2D eigenvalue weighted by molar-refractivity contribution is -0.140. The Morgan fingerprint density at radius 2 is 2.05 bits per heavy atom. The lowest BCUT2D eigenvalue weighted by atomic mass is 10.2. The highest BCUT2D eigenvalue weighted by Crippen LogP contribution is 2.34. The number of aryl methyl sites for hydroxylation is 2. The molecule has 0 fully saturated rings. The van der Waals surface area contributed by atoms with E-state index in [9.17, 15) is 22.8 Å². The first kappa shape index (κ1) is 15.5. The predicted molar refractivity (Wildman–Crippen MR) is 66.4 cm³/mol. The second-order valence-corrected chi connectivity index (χ2v) is 4.36. The number of carbonyl (C=O) groups excluding carboxylic acids is 1. The first-order chi connectivity index (χ1) is 10.1. The van der Waals surface area contributed by atoms with Gasteiger partial charge in [0.05, 0.1) is 17.6 Å². The zero-order valence-electron chi connectivity index (χ0n) is 11.3. The van der Waals surface area contributed by atoms with Crippen molar-refractivity contribution in [3.63, 3.8) is 0 Å². The lowest BCUT2D eigenvalue weighted by Crippen LogP contribution is -2.21. The van der Waals surface area contributed by atoms with E-state index < -0.39 is 35.0 Å². The molecule has 118 valence electrons. The van der Waals surface area contributed by atoms with Gasteiger partial charge in [-0.15, -0.1) is 0 Å². The Bertz CT molecular complexity index is 747. The number of hydrogen-bond acceptors (Lipinski definition) is 4. The molecular weight excluding hydrogens is 307 g/mol. The molecule has 1 amide bonds. The minimum Gasteiger partial charge on any atom is -0.478 e. The van der Waals surface area contributed by atoms with Gasteiger partial charge in [-0.1, -0.05) is 0 Å². The van der Waals surface area contributed by atoms with E-state index in [0.717, 1.165) is 10.9 Å². The van der Waals surface area contributed by atoms with Crippen LogP contribution < -0.4 is 5.32 Å². The quantitative estimate of drug-likeness (QED) is 0.792. The third kappa shape index (κ3) is 2.64. The highest BCUT2D eigenvalue weighted by Gasteiger charge is 2.38. The zero-order chi connectivity index (χ0) is 16.7. The number of hydrogen-bond donors (Lipinski definition) is 3. The molecule has 0 radical (unpaired) electrons. The van der Waals surface area contributed by atoms with E-state index in [-0.39, 0.29) is 11.4 Å². The monoisotopic (exact) mass is 317 g/mol. The number of nitrogens with one attached hydrogen (secondary N) is 2. The molecule has 0 aliphatic carbocycles. The van der Waals surface area contributed by atoms with Gasteiger partial charge in [-0.3, -0.25) is 14.6 Å². The van der Waals surface area contributed by atoms with Crippen LogP contribution in [0, 0.1) is 6.92 Å². The molecule has 0 unspecified atom stereocenters. The third-order valence-corrected chi connectivity index (χ3v) is 2.84. The zero-order valence-corrected chi connectivity index (χ0v) is 11.3. The molecule has 11 heteroatoms. The number of alkyl halides is 3. The van der Waals surface area contributed by atoms with Crippen LogP contribution in [0.15, 0.2) is 6.20 Å². The fourth-order valence-electron chi connectivity index (χ4n) is 1.82. The Hall–Kier alpha value is -2.85. The van der Waals surface area contributed by atoms with Gasteiger partial charge in [-0.2, -0.15) is 23.4 Å². The summed E-state index contributed by atoms with van der Waals surface area (Å²) in [6.07, 6.45) is -3.83. The summed E-state index contributed by atoms with van der Waals surface area (Å²) in [7, 11) is 1.30. The number of carbonyl (C=O) groups is 2. The van der Waals surface area contributed by atoms with Crippen molar-refractivity contribution in [2.75, 3.05) is 5.32 Å². The molecule has 2 aromatic heterocycles. The van der Waals surface area contributed by atoms with Crippen LogP contribution in [0.3, 0.4) is 0 Å². The van der Waals surface area contributed by atoms with Crippen molar-refractivity contribution in [2.45, 2.75) is 13.1 Å². The van der Waals surface area contributed by atoms with E-state index in [2.05, 4.69) is 15.3 Å². The molecule has 0 atom stereocenters. The molecule has 2 heterocycles. The summed E-state index contributed by atoms with van der Waals surface area (Å²) in [5, 5.41) is 19.8. The number of halogens is 3. The van der Waals surface area contributed by atoms with E-state index in [0.29, 0.717) is 0 Å². The molecule has 8 nitrogen and oxygen atoms in total. The van der Waals surface area contributed by atoms with Crippen LogP contribution in [0.1, 0.15) is 32.2 Å². The van der Waals surface area contributed by atoms with Gasteiger partial charge >= 0.3 is 12.1 Å². The van der Waals surface area contributed by atoms with Crippen LogP contribution in [-0.2, 0) is 13.2 Å². The minimum absolute atomic E-state index is 0.0141. The second-order valence-electron chi connectivity index (χ2n) is 4.36. The molecule has 0 spiro atoms. The Kier molecular flexibility index (Phi) is 3.65. The number of carboxylic acids is 1. The Balaban J connectivity index is 2.41. The normalized spacial score (nSPS) is 11.5. The molecule has 22 heavy (non-hydrogen) atoms. The maximum Gasteiger partial charge on any atom is 0.437 e. The first-order valence-corrected chi connectivity index (χ1v) is 5.81. The van der Waals surface area contributed by atoms with Gasteiger partial charge in [-0.25, -0.2) is 4.79 Å². The van der Waals surface area contributed by atoms with Gasteiger partial charge in [0.25, 0.3) is 5.91 Å². The van der Waals surface area contributed by atoms with Gasteiger partial charge < -0.3 is 10.4 Å². The van der Waals surface area contributed by atoms with Crippen molar-refractivity contribution < 1.29 is 27.9 Å². The number of rotatable bonds is 3. The smallest absolute Gasteiger partial charge is 0.437 e. The Morgan fingerprint density at radius 1 is 1.41 bits per heavy atom. The topological polar surface area (TPSA) is 113 Å². The summed E-state index contributed by atoms with van der Waals surface area (Å²) in [6, 6.07) is 0. The number of aromatic carboxylic acids is 1. The summed E-state index contributed by atoms with van der Waals surface area (Å²) >= 11 is 0. The predicted octanol–water partition coefficient (Wildman–Crippen LogP) is 1.42. The maximum atomic E-state index is 12.8. The van der Waals surface area contributed by atoms with Gasteiger partial charge in [0, 0.05) is 7.05 Å². The largest absolute Gasteiger partial charge is 0.478 e. The van der Waals surface area contributed by atoms with Crippen molar-refractivity contribution in [1.82, 2.24) is 20.0 Å². The van der Waals surface area contributed by atoms with Gasteiger partial charge in [-0.05, 0) is 6.92 Å². The highest BCUT2D eigenvalue weighted by molar-refractivity contribution is 6.09. The summed E-state index contributed by atoms with van der Waals surface area (Å²) in [4.78, 5) is 23.1. The molecule has 0 saturated heterocycles. The maximum absolute atomic E-state index is 12.8. The van der Waals surface area contributed by atoms with Crippen LogP contribution >= 0.6 is 0 Å². The summed E-state index contributed by atoms with van der Waals surface area (Å²) in [5.74, 6) is -2.45. The highest BCUT2D eigenvalue weighted by atomic mass is 19.4. The van der Waals surface area contributed by atoms with Crippen LogP contribution in [0.4, 0.5) is 18.9 Å². The number of amides is 1. The molecule has 0 aromatic carbocycles. The standard InChI is InChI=1S/C11H10F3N5O3/c1-4-6(8(18-17-4)11(12,13)14)16-9(20)7-5(10(21)22)3-15-19(7)2/h3H,1-2H3,(H,16,20)(H,17,18)(H,21,22). The third-order valence-electron chi connectivity index (χ3n) is 2.84. The van der Waals surface area contributed by atoms with Gasteiger partial charge in [0.15, 0.2) is 5.69 Å². The van der Waals surface area contributed by atoms with Crippen molar-refractivity contribution in [1.29, 1.82) is 0 Å². The molecule has 2 aromatic rings. The molecular formula is C11H10F3N5O3. The average Bonchev–Trinajstić information content (AvgIpc) is 2.93. The SMILES string of the molecule is Cc1[nH]nc(C(F)(F)F)c1NC(=O)c1c(C(=O)O)cnn1C. The van der Waals surface area contributed by atoms with E-state index >= 15 is 0 Å². The van der Waals surface area contributed by atoms with Crippen LogP contribution in [-0.4, -0.2) is 37.0 Å². The molecule has 3 N–H and O–H groups in total. The van der Waals surface area contributed by atoms with Crippen molar-refractivity contribution in [2.24, 2.45) is 7.05 Å². The van der Waals surface area contributed by atoms with Crippen molar-refractivity contribution in [3.8, 4) is 0 Å². The summed E-state index contributed by atoms with van der Waals surface area (Å²) in [5.41, 5.74) is -2.66. The van der Waals surface area contributed by atoms with Crippen LogP contribution in [0.25, 0.3) is 0 Å². The summed E-state index contributed by atoms with van der Waals surface area (Å²) < 4.78 is 39.3. The summed E-state index contributed by atoms with van der Waals surface area (Å²) in [6.45, 7) is 1.29. The number of anilines is 1. The molecule has 0 bridgehead atoms. The fraction of sp³-hybridized carbons (Fsp3) is 0.273. The Morgan fingerprint density at radius 3 is 2.59 bits per heavy atom. The molecule has 0 saturated carbocycles. The molecule has 2 rings (SSSR count). The molecule has 0 aliphatic heterocycles. The first-order valence-electron chi connectivity index (χ1n) is 5.81. The number of aromatic amines is 1. The fourth-order valence-corrected chi connectivity index (χ4v) is 1.82. The van der Waals surface area contributed by atoms with Gasteiger partial charge in [0.2, 0.25) is 0 Å². The van der Waals surface area contributed by atoms with Crippen LogP contribution in [0.2, 0.25) is 0 Å². The number of nitrogens with zero attached hydrogens (tertiary/aromatic N) is 3. The minimum atomic E-state index is -4.77. The van der Waals surface area contributed by atoms with Gasteiger partial charge in [0.1, 0.15) is 11.3 Å². The average molecular weight is 317 g/mol. The number of H-pyrrole nitrogens is 1.